The summed E-state index contributed by atoms with van der Waals surface area (Å²) in [6.45, 7) is 7.99. The number of aromatic nitrogens is 1. The van der Waals surface area contributed by atoms with Gasteiger partial charge in [0, 0.05) is 40.0 Å². The van der Waals surface area contributed by atoms with Gasteiger partial charge in [-0.25, -0.2) is 0 Å². The molecule has 104 valence electrons. The highest BCUT2D eigenvalue weighted by atomic mass is 32.1. The van der Waals surface area contributed by atoms with E-state index in [1.165, 1.54) is 21.1 Å². The Kier molecular flexibility index (Phi) is 4.60. The average Bonchev–Trinajstić information content (AvgIpc) is 2.93. The lowest BCUT2D eigenvalue weighted by molar-refractivity contribution is 0.253. The van der Waals surface area contributed by atoms with Gasteiger partial charge in [0.15, 0.2) is 0 Å². The van der Waals surface area contributed by atoms with Gasteiger partial charge in [-0.15, -0.1) is 11.3 Å². The first-order chi connectivity index (χ1) is 8.99. The molecule has 19 heavy (non-hydrogen) atoms. The molecule has 0 amide bonds. The van der Waals surface area contributed by atoms with E-state index in [1.54, 1.807) is 0 Å². The standard InChI is InChI=1S/C14H20N2OS2/c1-10-9-18-14(17)16(10)8-7-15(4)12(3)13-6-5-11(2)19-13/h5-6,9,12H,7-8H2,1-4H3. The number of nitrogens with zero attached hydrogens (tertiary/aromatic N) is 2. The van der Waals surface area contributed by atoms with Crippen molar-refractivity contribution in [1.82, 2.24) is 9.47 Å². The van der Waals surface area contributed by atoms with Gasteiger partial charge in [0.1, 0.15) is 0 Å². The molecule has 2 aromatic rings. The molecule has 0 aromatic carbocycles. The molecule has 5 heteroatoms. The van der Waals surface area contributed by atoms with Crippen molar-refractivity contribution in [3.05, 3.63) is 42.6 Å². The molecule has 0 saturated carbocycles. The third-order valence-corrected chi connectivity index (χ3v) is 5.54. The number of rotatable bonds is 5. The number of thiophene rings is 1. The van der Waals surface area contributed by atoms with Crippen LogP contribution in [0.1, 0.15) is 28.4 Å². The monoisotopic (exact) mass is 296 g/mol. The fourth-order valence-electron chi connectivity index (χ4n) is 2.02. The maximum absolute atomic E-state index is 11.7. The van der Waals surface area contributed by atoms with Gasteiger partial charge in [0.05, 0.1) is 0 Å². The molecule has 2 rings (SSSR count). The largest absolute Gasteiger partial charge is 0.307 e. The number of hydrogen-bond acceptors (Lipinski definition) is 4. The molecule has 0 saturated heterocycles. The molecule has 0 aliphatic rings. The molecule has 0 aliphatic carbocycles. The van der Waals surface area contributed by atoms with Crippen LogP contribution < -0.4 is 4.87 Å². The Balaban J connectivity index is 1.98. The van der Waals surface area contributed by atoms with Gasteiger partial charge < -0.3 is 4.57 Å². The minimum absolute atomic E-state index is 0.144. The van der Waals surface area contributed by atoms with Gasteiger partial charge in [-0.05, 0) is 40.0 Å². The Labute approximate surface area is 122 Å². The maximum Gasteiger partial charge on any atom is 0.307 e. The highest BCUT2D eigenvalue weighted by Crippen LogP contribution is 2.26. The second kappa shape index (κ2) is 6.03. The van der Waals surface area contributed by atoms with E-state index in [-0.39, 0.29) is 4.87 Å². The van der Waals surface area contributed by atoms with Crippen molar-refractivity contribution in [2.45, 2.75) is 33.4 Å². The van der Waals surface area contributed by atoms with Crippen LogP contribution in [-0.4, -0.2) is 23.1 Å². The zero-order chi connectivity index (χ0) is 14.0. The molecule has 2 heterocycles. The summed E-state index contributed by atoms with van der Waals surface area (Å²) in [7, 11) is 2.12. The Hall–Kier alpha value is -0.910. The third kappa shape index (κ3) is 3.35. The van der Waals surface area contributed by atoms with Crippen molar-refractivity contribution in [3.8, 4) is 0 Å². The molecular formula is C14H20N2OS2. The Morgan fingerprint density at radius 1 is 1.37 bits per heavy atom. The van der Waals surface area contributed by atoms with Gasteiger partial charge in [-0.3, -0.25) is 9.69 Å². The number of aryl methyl sites for hydroxylation is 2. The van der Waals surface area contributed by atoms with E-state index in [0.717, 1.165) is 18.8 Å². The molecule has 0 aliphatic heterocycles. The highest BCUT2D eigenvalue weighted by Gasteiger charge is 2.14. The Morgan fingerprint density at radius 2 is 2.11 bits per heavy atom. The second-order valence-corrected chi connectivity index (χ2v) is 7.04. The number of likely N-dealkylation sites (N-methyl/N-ethyl adjacent to an activating group) is 1. The van der Waals surface area contributed by atoms with Crippen LogP contribution in [0.25, 0.3) is 0 Å². The van der Waals surface area contributed by atoms with E-state index in [4.69, 9.17) is 0 Å². The zero-order valence-electron chi connectivity index (χ0n) is 11.8. The molecular weight excluding hydrogens is 276 g/mol. The van der Waals surface area contributed by atoms with Crippen LogP contribution in [0.15, 0.2) is 22.3 Å². The lowest BCUT2D eigenvalue weighted by Gasteiger charge is -2.24. The quantitative estimate of drug-likeness (QED) is 0.846. The summed E-state index contributed by atoms with van der Waals surface area (Å²) in [5, 5.41) is 1.92. The molecule has 0 spiro atoms. The summed E-state index contributed by atoms with van der Waals surface area (Å²) < 4.78 is 1.85. The summed E-state index contributed by atoms with van der Waals surface area (Å²) in [6.07, 6.45) is 0. The van der Waals surface area contributed by atoms with E-state index in [9.17, 15) is 4.79 Å². The second-order valence-electron chi connectivity index (χ2n) is 4.90. The highest BCUT2D eigenvalue weighted by molar-refractivity contribution is 7.12. The van der Waals surface area contributed by atoms with Crippen molar-refractivity contribution >= 4 is 22.7 Å². The van der Waals surface area contributed by atoms with Crippen LogP contribution in [0, 0.1) is 13.8 Å². The first-order valence-electron chi connectivity index (χ1n) is 6.40. The summed E-state index contributed by atoms with van der Waals surface area (Å²) in [6, 6.07) is 4.76. The minimum atomic E-state index is 0.144. The van der Waals surface area contributed by atoms with E-state index >= 15 is 0 Å². The topological polar surface area (TPSA) is 25.2 Å². The first-order valence-corrected chi connectivity index (χ1v) is 8.10. The van der Waals surface area contributed by atoms with Crippen LogP contribution in [-0.2, 0) is 6.54 Å². The van der Waals surface area contributed by atoms with E-state index in [2.05, 4.69) is 37.9 Å². The minimum Gasteiger partial charge on any atom is -0.302 e. The molecule has 1 atom stereocenters. The summed E-state index contributed by atoms with van der Waals surface area (Å²) in [5.41, 5.74) is 1.06. The third-order valence-electron chi connectivity index (χ3n) is 3.49. The van der Waals surface area contributed by atoms with E-state index < -0.39 is 0 Å². The predicted molar refractivity (Wildman–Crippen MR) is 83.4 cm³/mol. The fourth-order valence-corrected chi connectivity index (χ4v) is 3.78. The van der Waals surface area contributed by atoms with E-state index in [1.807, 2.05) is 28.2 Å². The van der Waals surface area contributed by atoms with Crippen LogP contribution in [0.2, 0.25) is 0 Å². The molecule has 0 fully saturated rings. The van der Waals surface area contributed by atoms with Crippen molar-refractivity contribution in [3.63, 3.8) is 0 Å². The smallest absolute Gasteiger partial charge is 0.302 e. The van der Waals surface area contributed by atoms with Crippen LogP contribution in [0.5, 0.6) is 0 Å². The van der Waals surface area contributed by atoms with Crippen molar-refractivity contribution in [2.75, 3.05) is 13.6 Å². The lowest BCUT2D eigenvalue weighted by atomic mass is 10.2. The summed E-state index contributed by atoms with van der Waals surface area (Å²) in [5.74, 6) is 0. The maximum atomic E-state index is 11.7. The Bertz CT molecular complexity index is 597. The Morgan fingerprint density at radius 3 is 2.63 bits per heavy atom. The summed E-state index contributed by atoms with van der Waals surface area (Å²) in [4.78, 5) is 16.8. The van der Waals surface area contributed by atoms with Gasteiger partial charge in [0.2, 0.25) is 0 Å². The zero-order valence-corrected chi connectivity index (χ0v) is 13.5. The molecule has 1 unspecified atom stereocenters. The van der Waals surface area contributed by atoms with Gasteiger partial charge >= 0.3 is 4.87 Å². The summed E-state index contributed by atoms with van der Waals surface area (Å²) >= 11 is 3.13. The van der Waals surface area contributed by atoms with E-state index in [0.29, 0.717) is 6.04 Å². The molecule has 3 nitrogen and oxygen atoms in total. The molecule has 2 aromatic heterocycles. The van der Waals surface area contributed by atoms with Gasteiger partial charge in [-0.1, -0.05) is 11.3 Å². The van der Waals surface area contributed by atoms with Crippen molar-refractivity contribution < 1.29 is 0 Å². The van der Waals surface area contributed by atoms with Crippen LogP contribution >= 0.6 is 22.7 Å². The fraction of sp³-hybridized carbons (Fsp3) is 0.500. The normalized spacial score (nSPS) is 13.1. The number of thiazole rings is 1. The van der Waals surface area contributed by atoms with Crippen LogP contribution in [0.4, 0.5) is 0 Å². The molecule has 0 bridgehead atoms. The van der Waals surface area contributed by atoms with Crippen molar-refractivity contribution in [1.29, 1.82) is 0 Å². The SMILES string of the molecule is Cc1ccc(C(C)N(C)CCn2c(C)csc2=O)s1. The predicted octanol–water partition coefficient (Wildman–Crippen LogP) is 3.28. The number of hydrogen-bond donors (Lipinski definition) is 0. The first kappa shape index (κ1) is 14.5. The lowest BCUT2D eigenvalue weighted by Crippen LogP contribution is -2.28. The molecule has 0 N–H and O–H groups in total. The van der Waals surface area contributed by atoms with Gasteiger partial charge in [0.25, 0.3) is 0 Å². The van der Waals surface area contributed by atoms with Crippen LogP contribution in [0.3, 0.4) is 0 Å². The average molecular weight is 296 g/mol. The molecule has 0 radical (unpaired) electrons. The van der Waals surface area contributed by atoms with Crippen molar-refractivity contribution in [2.24, 2.45) is 0 Å². The van der Waals surface area contributed by atoms with Gasteiger partial charge in [-0.2, -0.15) is 0 Å².